The third-order valence-electron chi connectivity index (χ3n) is 4.85. The molecule has 0 aliphatic carbocycles. The van der Waals surface area contributed by atoms with Gasteiger partial charge in [-0.25, -0.2) is 0 Å². The molecule has 0 fully saturated rings. The normalized spacial score (nSPS) is 10.5. The molecule has 30 heavy (non-hydrogen) atoms. The SMILES string of the molecule is CCc1cc(C#Cc2cc(OCc3ccc(OC)cc3)c3ncccc3c2)n(C)n1. The molecule has 2 aromatic heterocycles. The highest BCUT2D eigenvalue weighted by atomic mass is 16.5. The zero-order valence-electron chi connectivity index (χ0n) is 17.3. The van der Waals surface area contributed by atoms with Crippen LogP contribution in [0.2, 0.25) is 0 Å². The fourth-order valence-electron chi connectivity index (χ4n) is 3.18. The molecule has 0 spiro atoms. The summed E-state index contributed by atoms with van der Waals surface area (Å²) in [6.07, 6.45) is 2.66. The van der Waals surface area contributed by atoms with Crippen molar-refractivity contribution in [2.24, 2.45) is 7.05 Å². The van der Waals surface area contributed by atoms with Crippen molar-refractivity contribution in [1.82, 2.24) is 14.8 Å². The van der Waals surface area contributed by atoms with Crippen molar-refractivity contribution in [1.29, 1.82) is 0 Å². The first-order valence-corrected chi connectivity index (χ1v) is 9.85. The highest BCUT2D eigenvalue weighted by molar-refractivity contribution is 5.86. The summed E-state index contributed by atoms with van der Waals surface area (Å²) in [5.41, 5.74) is 4.68. The first-order chi connectivity index (χ1) is 14.7. The predicted octanol–water partition coefficient (Wildman–Crippen LogP) is 4.52. The Balaban J connectivity index is 1.64. The number of hydrogen-bond acceptors (Lipinski definition) is 4. The lowest BCUT2D eigenvalue weighted by Crippen LogP contribution is -1.98. The lowest BCUT2D eigenvalue weighted by Gasteiger charge is -2.10. The lowest BCUT2D eigenvalue weighted by molar-refractivity contribution is 0.309. The van der Waals surface area contributed by atoms with E-state index in [-0.39, 0.29) is 0 Å². The van der Waals surface area contributed by atoms with E-state index < -0.39 is 0 Å². The van der Waals surface area contributed by atoms with Crippen LogP contribution in [0.4, 0.5) is 0 Å². The molecule has 0 radical (unpaired) electrons. The van der Waals surface area contributed by atoms with E-state index in [9.17, 15) is 0 Å². The summed E-state index contributed by atoms with van der Waals surface area (Å²) in [5.74, 6) is 8.01. The van der Waals surface area contributed by atoms with Crippen LogP contribution < -0.4 is 9.47 Å². The number of nitrogens with zero attached hydrogens (tertiary/aromatic N) is 3. The van der Waals surface area contributed by atoms with E-state index in [2.05, 4.69) is 28.8 Å². The van der Waals surface area contributed by atoms with Crippen LogP contribution in [0.15, 0.2) is 60.8 Å². The Hall–Kier alpha value is -3.78. The quantitative estimate of drug-likeness (QED) is 0.465. The largest absolute Gasteiger partial charge is 0.497 e. The molecule has 0 N–H and O–H groups in total. The van der Waals surface area contributed by atoms with Gasteiger partial charge in [-0.05, 0) is 54.3 Å². The fraction of sp³-hybridized carbons (Fsp3) is 0.200. The van der Waals surface area contributed by atoms with Gasteiger partial charge in [0.05, 0.1) is 12.8 Å². The first-order valence-electron chi connectivity index (χ1n) is 9.85. The number of rotatable bonds is 5. The Labute approximate surface area is 176 Å². The second-order valence-electron chi connectivity index (χ2n) is 6.93. The molecule has 2 heterocycles. The van der Waals surface area contributed by atoms with Gasteiger partial charge in [0, 0.05) is 24.2 Å². The molecule has 5 heteroatoms. The minimum absolute atomic E-state index is 0.439. The van der Waals surface area contributed by atoms with E-state index in [0.717, 1.165) is 45.6 Å². The van der Waals surface area contributed by atoms with Crippen LogP contribution in [0.3, 0.4) is 0 Å². The summed E-state index contributed by atoms with van der Waals surface area (Å²) >= 11 is 0. The Kier molecular flexibility index (Phi) is 5.67. The number of aromatic nitrogens is 3. The summed E-state index contributed by atoms with van der Waals surface area (Å²) < 4.78 is 13.2. The highest BCUT2D eigenvalue weighted by Gasteiger charge is 2.07. The molecule has 0 bridgehead atoms. The first kappa shape index (κ1) is 19.5. The summed E-state index contributed by atoms with van der Waals surface area (Å²) in [5, 5.41) is 5.45. The average molecular weight is 397 g/mol. The molecule has 0 atom stereocenters. The van der Waals surface area contributed by atoms with E-state index in [1.165, 1.54) is 0 Å². The van der Waals surface area contributed by atoms with Crippen molar-refractivity contribution in [2.75, 3.05) is 7.11 Å². The van der Waals surface area contributed by atoms with E-state index in [0.29, 0.717) is 12.4 Å². The van der Waals surface area contributed by atoms with Crippen molar-refractivity contribution in [3.63, 3.8) is 0 Å². The smallest absolute Gasteiger partial charge is 0.147 e. The minimum atomic E-state index is 0.439. The van der Waals surface area contributed by atoms with Gasteiger partial charge in [-0.3, -0.25) is 9.67 Å². The van der Waals surface area contributed by atoms with Crippen molar-refractivity contribution in [3.05, 3.63) is 83.3 Å². The monoisotopic (exact) mass is 397 g/mol. The minimum Gasteiger partial charge on any atom is -0.497 e. The number of benzene rings is 2. The van der Waals surface area contributed by atoms with Crippen molar-refractivity contribution >= 4 is 10.9 Å². The van der Waals surface area contributed by atoms with Gasteiger partial charge in [0.1, 0.15) is 29.3 Å². The lowest BCUT2D eigenvalue weighted by atomic mass is 10.1. The topological polar surface area (TPSA) is 49.2 Å². The second kappa shape index (κ2) is 8.71. The number of hydrogen-bond donors (Lipinski definition) is 0. The Morgan fingerprint density at radius 2 is 1.87 bits per heavy atom. The zero-order chi connectivity index (χ0) is 20.9. The highest BCUT2D eigenvalue weighted by Crippen LogP contribution is 2.26. The van der Waals surface area contributed by atoms with Crippen molar-refractivity contribution in [3.8, 4) is 23.3 Å². The summed E-state index contributed by atoms with van der Waals surface area (Å²) in [7, 11) is 3.57. The van der Waals surface area contributed by atoms with Gasteiger partial charge < -0.3 is 9.47 Å². The van der Waals surface area contributed by atoms with Gasteiger partial charge in [-0.1, -0.05) is 31.0 Å². The van der Waals surface area contributed by atoms with Crippen LogP contribution >= 0.6 is 0 Å². The molecular formula is C25H23N3O2. The van der Waals surface area contributed by atoms with E-state index in [1.54, 1.807) is 13.3 Å². The summed E-state index contributed by atoms with van der Waals surface area (Å²) in [6.45, 7) is 2.52. The van der Waals surface area contributed by atoms with Gasteiger partial charge in [0.25, 0.3) is 0 Å². The maximum absolute atomic E-state index is 6.13. The number of fused-ring (bicyclic) bond motifs is 1. The molecule has 2 aromatic carbocycles. The Bertz CT molecular complexity index is 1230. The number of aryl methyl sites for hydroxylation is 2. The Morgan fingerprint density at radius 1 is 1.03 bits per heavy atom. The molecule has 150 valence electrons. The van der Waals surface area contributed by atoms with Gasteiger partial charge >= 0.3 is 0 Å². The van der Waals surface area contributed by atoms with Crippen molar-refractivity contribution < 1.29 is 9.47 Å². The molecular weight excluding hydrogens is 374 g/mol. The molecule has 0 unspecified atom stereocenters. The van der Waals surface area contributed by atoms with Crippen LogP contribution in [-0.2, 0) is 20.1 Å². The van der Waals surface area contributed by atoms with Gasteiger partial charge in [0.2, 0.25) is 0 Å². The third-order valence-corrected chi connectivity index (χ3v) is 4.85. The molecule has 0 amide bonds. The average Bonchev–Trinajstić information content (AvgIpc) is 3.16. The standard InChI is InChI=1S/C25H23N3O2/c1-4-21-16-22(28(2)27-21)10-7-19-14-20-6-5-13-26-25(20)24(15-19)30-17-18-8-11-23(29-3)12-9-18/h5-6,8-9,11-16H,4,17H2,1-3H3. The van der Waals surface area contributed by atoms with Crippen LogP contribution in [0.1, 0.15) is 29.4 Å². The van der Waals surface area contributed by atoms with Gasteiger partial charge in [-0.2, -0.15) is 5.10 Å². The number of ether oxygens (including phenoxy) is 2. The maximum Gasteiger partial charge on any atom is 0.147 e. The molecule has 4 rings (SSSR count). The summed E-state index contributed by atoms with van der Waals surface area (Å²) in [6, 6.07) is 17.8. The van der Waals surface area contributed by atoms with Gasteiger partial charge in [0.15, 0.2) is 0 Å². The third kappa shape index (κ3) is 4.28. The van der Waals surface area contributed by atoms with Crippen molar-refractivity contribution in [2.45, 2.75) is 20.0 Å². The molecule has 0 saturated carbocycles. The van der Waals surface area contributed by atoms with E-state index in [4.69, 9.17) is 9.47 Å². The Morgan fingerprint density at radius 3 is 2.60 bits per heavy atom. The number of methoxy groups -OCH3 is 1. The number of pyridine rings is 1. The molecule has 5 nitrogen and oxygen atoms in total. The maximum atomic E-state index is 6.13. The van der Waals surface area contributed by atoms with E-state index in [1.807, 2.05) is 66.3 Å². The van der Waals surface area contributed by atoms with Crippen LogP contribution in [-0.4, -0.2) is 21.9 Å². The fourth-order valence-corrected chi connectivity index (χ4v) is 3.18. The van der Waals surface area contributed by atoms with Gasteiger partial charge in [-0.15, -0.1) is 0 Å². The zero-order valence-corrected chi connectivity index (χ0v) is 17.3. The van der Waals surface area contributed by atoms with Crippen LogP contribution in [0.5, 0.6) is 11.5 Å². The van der Waals surface area contributed by atoms with E-state index >= 15 is 0 Å². The second-order valence-corrected chi connectivity index (χ2v) is 6.93. The molecule has 4 aromatic rings. The molecule has 0 aliphatic rings. The predicted molar refractivity (Wildman–Crippen MR) is 118 cm³/mol. The van der Waals surface area contributed by atoms with Crippen LogP contribution in [0, 0.1) is 11.8 Å². The summed E-state index contributed by atoms with van der Waals surface area (Å²) in [4.78, 5) is 4.50. The molecule has 0 saturated heterocycles. The molecule has 0 aliphatic heterocycles. The van der Waals surface area contributed by atoms with Crippen LogP contribution in [0.25, 0.3) is 10.9 Å².